The van der Waals surface area contributed by atoms with Gasteiger partial charge in [0.15, 0.2) is 0 Å². The summed E-state index contributed by atoms with van der Waals surface area (Å²) in [7, 11) is 2.85. The highest BCUT2D eigenvalue weighted by molar-refractivity contribution is 5.90. The number of esters is 1. The zero-order chi connectivity index (χ0) is 35.2. The molecule has 3 aromatic rings. The molecule has 0 spiro atoms. The van der Waals surface area contributed by atoms with Crippen LogP contribution in [-0.4, -0.2) is 43.8 Å². The van der Waals surface area contributed by atoms with Gasteiger partial charge in [-0.15, -0.1) is 0 Å². The molecule has 0 radical (unpaired) electrons. The SMILES string of the molecule is COC(=O)c1ccc(-c2ccc(OC)c(C3=C(CN4C(=O)OC(c5cc(C(F)(F)F)cc(C(F)(F)F)c5)[C@@H]4C)CC(C)(C)CC3)c2)cc1. The summed E-state index contributed by atoms with van der Waals surface area (Å²) in [6.07, 6.45) is -10.2. The number of nitrogens with zero attached hydrogens (tertiary/aromatic N) is 1. The van der Waals surface area contributed by atoms with Gasteiger partial charge in [-0.05, 0) is 102 Å². The lowest BCUT2D eigenvalue weighted by Gasteiger charge is -2.36. The van der Waals surface area contributed by atoms with E-state index in [-0.39, 0.29) is 23.6 Å². The maximum atomic E-state index is 13.6. The molecule has 3 aromatic carbocycles. The molecule has 5 rings (SSSR count). The van der Waals surface area contributed by atoms with Crippen LogP contribution in [0.25, 0.3) is 16.7 Å². The molecule has 12 heteroatoms. The number of halogens is 6. The summed E-state index contributed by atoms with van der Waals surface area (Å²) in [6, 6.07) is 13.0. The largest absolute Gasteiger partial charge is 0.496 e. The van der Waals surface area contributed by atoms with Crippen molar-refractivity contribution in [2.75, 3.05) is 20.8 Å². The third kappa shape index (κ3) is 7.17. The number of carbonyl (C=O) groups excluding carboxylic acids is 2. The van der Waals surface area contributed by atoms with Gasteiger partial charge < -0.3 is 14.2 Å². The Morgan fingerprint density at radius 2 is 1.52 bits per heavy atom. The van der Waals surface area contributed by atoms with E-state index < -0.39 is 47.7 Å². The first-order valence-corrected chi connectivity index (χ1v) is 15.3. The third-order valence-corrected chi connectivity index (χ3v) is 9.03. The molecule has 2 aliphatic rings. The van der Waals surface area contributed by atoms with Crippen molar-refractivity contribution in [3.8, 4) is 16.9 Å². The van der Waals surface area contributed by atoms with Crippen molar-refractivity contribution in [3.63, 3.8) is 0 Å². The minimum atomic E-state index is -5.04. The number of hydrogen-bond acceptors (Lipinski definition) is 5. The normalized spacial score (nSPS) is 19.7. The first-order chi connectivity index (χ1) is 22.4. The highest BCUT2D eigenvalue weighted by Crippen LogP contribution is 2.47. The molecule has 0 N–H and O–H groups in total. The number of rotatable bonds is 7. The van der Waals surface area contributed by atoms with Gasteiger partial charge in [-0.1, -0.05) is 32.0 Å². The van der Waals surface area contributed by atoms with E-state index in [9.17, 15) is 35.9 Å². The Balaban J connectivity index is 1.53. The zero-order valence-electron chi connectivity index (χ0n) is 27.0. The Hall–Kier alpha value is -4.48. The van der Waals surface area contributed by atoms with E-state index in [0.29, 0.717) is 36.3 Å². The molecule has 0 aromatic heterocycles. The molecule has 1 fully saturated rings. The quantitative estimate of drug-likeness (QED) is 0.184. The van der Waals surface area contributed by atoms with Gasteiger partial charge in [0.2, 0.25) is 0 Å². The van der Waals surface area contributed by atoms with Gasteiger partial charge in [-0.3, -0.25) is 4.90 Å². The Labute approximate surface area is 274 Å². The summed E-state index contributed by atoms with van der Waals surface area (Å²) in [5.41, 5.74) is 1.21. The molecule has 256 valence electrons. The lowest BCUT2D eigenvalue weighted by atomic mass is 9.72. The average Bonchev–Trinajstić information content (AvgIpc) is 3.31. The minimum Gasteiger partial charge on any atom is -0.496 e. The van der Waals surface area contributed by atoms with E-state index in [1.165, 1.54) is 12.0 Å². The first-order valence-electron chi connectivity index (χ1n) is 15.3. The molecule has 48 heavy (non-hydrogen) atoms. The summed E-state index contributed by atoms with van der Waals surface area (Å²) in [6.45, 7) is 5.80. The molecule has 6 nitrogen and oxygen atoms in total. The molecule has 1 saturated heterocycles. The van der Waals surface area contributed by atoms with E-state index in [1.807, 2.05) is 18.2 Å². The zero-order valence-corrected chi connectivity index (χ0v) is 27.0. The molecule has 1 unspecified atom stereocenters. The van der Waals surface area contributed by atoms with Crippen LogP contribution in [0, 0.1) is 5.41 Å². The van der Waals surface area contributed by atoms with Gasteiger partial charge in [-0.2, -0.15) is 26.3 Å². The van der Waals surface area contributed by atoms with E-state index in [1.54, 1.807) is 38.3 Å². The van der Waals surface area contributed by atoms with Gasteiger partial charge in [0.1, 0.15) is 11.9 Å². The van der Waals surface area contributed by atoms with Gasteiger partial charge >= 0.3 is 24.4 Å². The van der Waals surface area contributed by atoms with Gasteiger partial charge in [0, 0.05) is 12.1 Å². The Kier molecular flexibility index (Phi) is 9.33. The molecule has 0 saturated carbocycles. The highest BCUT2D eigenvalue weighted by atomic mass is 19.4. The summed E-state index contributed by atoms with van der Waals surface area (Å²) in [5.74, 6) is 0.137. The van der Waals surface area contributed by atoms with E-state index in [4.69, 9.17) is 14.2 Å². The van der Waals surface area contributed by atoms with Crippen molar-refractivity contribution in [3.05, 3.63) is 94.1 Å². The molecule has 1 aliphatic heterocycles. The smallest absolute Gasteiger partial charge is 0.416 e. The molecule has 1 amide bonds. The highest BCUT2D eigenvalue weighted by Gasteiger charge is 2.44. The number of hydrogen-bond donors (Lipinski definition) is 0. The minimum absolute atomic E-state index is 0.0545. The van der Waals surface area contributed by atoms with Gasteiger partial charge in [0.25, 0.3) is 0 Å². The van der Waals surface area contributed by atoms with Crippen molar-refractivity contribution < 1.29 is 50.1 Å². The molecule has 1 heterocycles. The predicted molar refractivity (Wildman–Crippen MR) is 166 cm³/mol. The van der Waals surface area contributed by atoms with Crippen LogP contribution in [0.1, 0.15) is 78.7 Å². The van der Waals surface area contributed by atoms with Crippen LogP contribution >= 0.6 is 0 Å². The summed E-state index contributed by atoms with van der Waals surface area (Å²) in [4.78, 5) is 26.5. The lowest BCUT2D eigenvalue weighted by Crippen LogP contribution is -2.35. The van der Waals surface area contributed by atoms with Crippen molar-refractivity contribution >= 4 is 17.6 Å². The number of cyclic esters (lactones) is 1. The van der Waals surface area contributed by atoms with Crippen LogP contribution in [0.4, 0.5) is 31.1 Å². The fourth-order valence-electron chi connectivity index (χ4n) is 6.44. The Morgan fingerprint density at radius 1 is 0.917 bits per heavy atom. The fraction of sp³-hybridized carbons (Fsp3) is 0.389. The lowest BCUT2D eigenvalue weighted by molar-refractivity contribution is -0.143. The fourth-order valence-corrected chi connectivity index (χ4v) is 6.44. The molecule has 2 atom stereocenters. The van der Waals surface area contributed by atoms with Crippen LogP contribution in [0.2, 0.25) is 0 Å². The summed E-state index contributed by atoms with van der Waals surface area (Å²) < 4.78 is 97.6. The number of methoxy groups -OCH3 is 2. The molecule has 1 aliphatic carbocycles. The second-order valence-electron chi connectivity index (χ2n) is 12.9. The van der Waals surface area contributed by atoms with Crippen LogP contribution < -0.4 is 4.74 Å². The van der Waals surface area contributed by atoms with Crippen LogP contribution in [0.5, 0.6) is 5.75 Å². The second-order valence-corrected chi connectivity index (χ2v) is 12.9. The maximum Gasteiger partial charge on any atom is 0.416 e. The van der Waals surface area contributed by atoms with Crippen molar-refractivity contribution in [2.45, 2.75) is 64.5 Å². The van der Waals surface area contributed by atoms with Crippen LogP contribution in [0.15, 0.2) is 66.2 Å². The molecule has 0 bridgehead atoms. The summed E-state index contributed by atoms with van der Waals surface area (Å²) >= 11 is 0. The Bertz CT molecular complexity index is 1710. The number of ether oxygens (including phenoxy) is 3. The standard InChI is InChI=1S/C36H35F6NO5/c1-20-31(24-14-26(35(37,38)39)17-27(15-24)36(40,41)42)48-33(45)43(20)19-25-18-34(2,3)13-12-28(25)29-16-23(10-11-30(29)46-4)21-6-8-22(9-7-21)32(44)47-5/h6-11,14-17,20,31H,12-13,18-19H2,1-5H3/t20-,31?/m0/s1. The van der Waals surface area contributed by atoms with Crippen LogP contribution in [0.3, 0.4) is 0 Å². The van der Waals surface area contributed by atoms with Crippen molar-refractivity contribution in [1.82, 2.24) is 4.90 Å². The van der Waals surface area contributed by atoms with Crippen LogP contribution in [-0.2, 0) is 21.8 Å². The van der Waals surface area contributed by atoms with E-state index >= 15 is 0 Å². The summed E-state index contributed by atoms with van der Waals surface area (Å²) in [5, 5.41) is 0. The second kappa shape index (κ2) is 12.9. The topological polar surface area (TPSA) is 65.1 Å². The van der Waals surface area contributed by atoms with Gasteiger partial charge in [-0.25, -0.2) is 9.59 Å². The molecular formula is C36H35F6NO5. The van der Waals surface area contributed by atoms with E-state index in [0.717, 1.165) is 34.3 Å². The monoisotopic (exact) mass is 675 g/mol. The first kappa shape index (κ1) is 34.8. The Morgan fingerprint density at radius 3 is 2.08 bits per heavy atom. The number of alkyl halides is 6. The number of benzene rings is 3. The third-order valence-electron chi connectivity index (χ3n) is 9.03. The predicted octanol–water partition coefficient (Wildman–Crippen LogP) is 9.73. The number of carbonyl (C=O) groups is 2. The maximum absolute atomic E-state index is 13.6. The van der Waals surface area contributed by atoms with Gasteiger partial charge in [0.05, 0.1) is 37.0 Å². The molecular weight excluding hydrogens is 640 g/mol. The number of allylic oxidation sites excluding steroid dienone is 1. The van der Waals surface area contributed by atoms with E-state index in [2.05, 4.69) is 13.8 Å². The van der Waals surface area contributed by atoms with Crippen molar-refractivity contribution in [1.29, 1.82) is 0 Å². The average molecular weight is 676 g/mol. The number of amides is 1. The van der Waals surface area contributed by atoms with Crippen molar-refractivity contribution in [2.24, 2.45) is 5.41 Å².